The van der Waals surface area contributed by atoms with Crippen molar-refractivity contribution in [2.75, 3.05) is 0 Å². The average Bonchev–Trinajstić information content (AvgIpc) is 3.45. The summed E-state index contributed by atoms with van der Waals surface area (Å²) in [5.41, 5.74) is 4.59. The van der Waals surface area contributed by atoms with E-state index in [0.29, 0.717) is 5.56 Å². The van der Waals surface area contributed by atoms with Gasteiger partial charge in [-0.1, -0.05) is 6.07 Å². The van der Waals surface area contributed by atoms with Gasteiger partial charge in [-0.25, -0.2) is 9.78 Å². The second kappa shape index (κ2) is 8.11. The van der Waals surface area contributed by atoms with Gasteiger partial charge in [0.1, 0.15) is 10.8 Å². The molecule has 0 atom stereocenters. The van der Waals surface area contributed by atoms with Crippen LogP contribution in [0.5, 0.6) is 0 Å². The van der Waals surface area contributed by atoms with Gasteiger partial charge in [-0.15, -0.1) is 22.7 Å². The molecule has 4 rings (SSSR count). The largest absolute Gasteiger partial charge is 0.478 e. The van der Waals surface area contributed by atoms with Crippen LogP contribution in [0.3, 0.4) is 0 Å². The summed E-state index contributed by atoms with van der Waals surface area (Å²) in [6.45, 7) is 3.93. The van der Waals surface area contributed by atoms with Gasteiger partial charge in [0, 0.05) is 44.7 Å². The van der Waals surface area contributed by atoms with E-state index < -0.39 is 5.97 Å². The Kier molecular flexibility index (Phi) is 5.36. The molecule has 0 aliphatic heterocycles. The highest BCUT2D eigenvalue weighted by Crippen LogP contribution is 2.44. The molecular weight excluding hydrogens is 414 g/mol. The minimum Gasteiger partial charge on any atom is -0.478 e. The van der Waals surface area contributed by atoms with Crippen molar-refractivity contribution < 1.29 is 9.90 Å². The molecule has 3 heterocycles. The van der Waals surface area contributed by atoms with Crippen molar-refractivity contribution >= 4 is 34.7 Å². The maximum absolute atomic E-state index is 11.1. The van der Waals surface area contributed by atoms with Gasteiger partial charge in [0.15, 0.2) is 0 Å². The summed E-state index contributed by atoms with van der Waals surface area (Å²) in [5, 5.41) is 21.4. The minimum atomic E-state index is -0.985. The first-order valence-electron chi connectivity index (χ1n) is 9.12. The molecule has 7 heteroatoms. The molecule has 0 bridgehead atoms. The molecule has 3 aromatic heterocycles. The molecule has 0 fully saturated rings. The van der Waals surface area contributed by atoms with Crippen LogP contribution in [0.15, 0.2) is 54.2 Å². The third kappa shape index (κ3) is 3.71. The van der Waals surface area contributed by atoms with Crippen LogP contribution < -0.4 is 0 Å². The second-order valence-corrected chi connectivity index (χ2v) is 8.66. The number of aromatic nitrogens is 2. The topological polar surface area (TPSA) is 78.9 Å². The van der Waals surface area contributed by atoms with Gasteiger partial charge < -0.3 is 5.11 Å². The van der Waals surface area contributed by atoms with Crippen LogP contribution in [0.25, 0.3) is 32.6 Å². The van der Waals surface area contributed by atoms with E-state index in [-0.39, 0.29) is 0 Å². The number of rotatable bonds is 5. The number of carboxylic acids is 1. The summed E-state index contributed by atoms with van der Waals surface area (Å²) in [7, 11) is 0. The fraction of sp³-hybridized carbons (Fsp3) is 0.0870. The summed E-state index contributed by atoms with van der Waals surface area (Å²) in [4.78, 5) is 17.3. The first kappa shape index (κ1) is 19.8. The quantitative estimate of drug-likeness (QED) is 0.398. The molecular formula is C23H17N3O2S2. The lowest BCUT2D eigenvalue weighted by Crippen LogP contribution is -1.91. The lowest BCUT2D eigenvalue weighted by molar-refractivity contribution is -0.131. The van der Waals surface area contributed by atoms with Gasteiger partial charge in [-0.3, -0.25) is 4.57 Å². The predicted molar refractivity (Wildman–Crippen MR) is 121 cm³/mol. The van der Waals surface area contributed by atoms with Gasteiger partial charge in [-0.05, 0) is 55.3 Å². The normalized spacial score (nSPS) is 11.1. The van der Waals surface area contributed by atoms with Crippen molar-refractivity contribution in [3.8, 4) is 32.6 Å². The zero-order chi connectivity index (χ0) is 21.3. The molecule has 0 saturated heterocycles. The first-order chi connectivity index (χ1) is 14.5. The number of thiophene rings is 2. The Bertz CT molecular complexity index is 1320. The van der Waals surface area contributed by atoms with Gasteiger partial charge in [0.2, 0.25) is 0 Å². The summed E-state index contributed by atoms with van der Waals surface area (Å²) in [5.74, 6) is -0.0663. The van der Waals surface area contributed by atoms with Gasteiger partial charge in [0.25, 0.3) is 0 Å². The molecule has 0 amide bonds. The van der Waals surface area contributed by atoms with Crippen molar-refractivity contribution in [2.24, 2.45) is 0 Å². The van der Waals surface area contributed by atoms with Crippen LogP contribution in [0.2, 0.25) is 0 Å². The summed E-state index contributed by atoms with van der Waals surface area (Å²) >= 11 is 3.16. The third-order valence-corrected chi connectivity index (χ3v) is 6.81. The molecule has 1 N–H and O–H groups in total. The SMILES string of the molecule is Cc1cc(C#N)ccc1-c1c(-c2ccc(-n3ccnc3C)s2)csc1C=CC(=O)O. The van der Waals surface area contributed by atoms with Gasteiger partial charge >= 0.3 is 5.97 Å². The van der Waals surface area contributed by atoms with Crippen LogP contribution in [0.1, 0.15) is 21.8 Å². The molecule has 0 radical (unpaired) electrons. The number of aliphatic carboxylic acids is 1. The Morgan fingerprint density at radius 2 is 2.07 bits per heavy atom. The average molecular weight is 432 g/mol. The zero-order valence-electron chi connectivity index (χ0n) is 16.3. The molecule has 0 saturated carbocycles. The Hall–Kier alpha value is -3.47. The molecule has 30 heavy (non-hydrogen) atoms. The zero-order valence-corrected chi connectivity index (χ0v) is 17.9. The Balaban J connectivity index is 1.87. The molecule has 1 aromatic carbocycles. The van der Waals surface area contributed by atoms with E-state index in [2.05, 4.69) is 28.6 Å². The number of aryl methyl sites for hydroxylation is 2. The summed E-state index contributed by atoms with van der Waals surface area (Å²) in [6.07, 6.45) is 6.51. The standard InChI is InChI=1S/C23H17N3O2S2/c1-14-11-16(12-24)3-4-17(14)23-18(13-29-20(23)6-8-22(27)28)19-5-7-21(30-19)26-10-9-25-15(26)2/h3-11,13H,1-2H3,(H,27,28). The molecule has 4 aromatic rings. The van der Waals surface area contributed by atoms with E-state index in [1.165, 1.54) is 11.3 Å². The lowest BCUT2D eigenvalue weighted by atomic mass is 9.95. The Morgan fingerprint density at radius 3 is 2.73 bits per heavy atom. The maximum Gasteiger partial charge on any atom is 0.328 e. The summed E-state index contributed by atoms with van der Waals surface area (Å²) in [6, 6.07) is 11.9. The minimum absolute atomic E-state index is 0.602. The highest BCUT2D eigenvalue weighted by molar-refractivity contribution is 7.18. The highest BCUT2D eigenvalue weighted by atomic mass is 32.1. The van der Waals surface area contributed by atoms with Gasteiger partial charge in [-0.2, -0.15) is 5.26 Å². The van der Waals surface area contributed by atoms with Crippen LogP contribution in [0.4, 0.5) is 0 Å². The fourth-order valence-electron chi connectivity index (χ4n) is 3.33. The van der Waals surface area contributed by atoms with Crippen molar-refractivity contribution in [3.63, 3.8) is 0 Å². The Labute approximate surface area is 181 Å². The van der Waals surface area contributed by atoms with Crippen molar-refractivity contribution in [2.45, 2.75) is 13.8 Å². The maximum atomic E-state index is 11.1. The van der Waals surface area contributed by atoms with Crippen LogP contribution >= 0.6 is 22.7 Å². The molecule has 0 aliphatic rings. The second-order valence-electron chi connectivity index (χ2n) is 6.68. The number of hydrogen-bond donors (Lipinski definition) is 1. The summed E-state index contributed by atoms with van der Waals surface area (Å²) < 4.78 is 2.04. The first-order valence-corrected chi connectivity index (χ1v) is 10.8. The van der Waals surface area contributed by atoms with E-state index in [9.17, 15) is 10.1 Å². The van der Waals surface area contributed by atoms with Crippen LogP contribution in [0, 0.1) is 25.2 Å². The molecule has 148 valence electrons. The monoisotopic (exact) mass is 431 g/mol. The fourth-order valence-corrected chi connectivity index (χ4v) is 5.44. The molecule has 5 nitrogen and oxygen atoms in total. The smallest absolute Gasteiger partial charge is 0.328 e. The third-order valence-electron chi connectivity index (χ3n) is 4.74. The van der Waals surface area contributed by atoms with Crippen molar-refractivity contribution in [3.05, 3.63) is 76.0 Å². The number of carbonyl (C=O) groups is 1. The number of benzene rings is 1. The number of hydrogen-bond acceptors (Lipinski definition) is 5. The van der Waals surface area contributed by atoms with E-state index in [4.69, 9.17) is 5.11 Å². The number of nitriles is 1. The van der Waals surface area contributed by atoms with Crippen LogP contribution in [-0.2, 0) is 4.79 Å². The number of imidazole rings is 1. The number of nitrogens with zero attached hydrogens (tertiary/aromatic N) is 3. The Morgan fingerprint density at radius 1 is 1.23 bits per heavy atom. The van der Waals surface area contributed by atoms with E-state index in [1.807, 2.05) is 36.7 Å². The molecule has 0 aliphatic carbocycles. The number of carboxylic acid groups (broad SMARTS) is 1. The van der Waals surface area contributed by atoms with E-state index >= 15 is 0 Å². The van der Waals surface area contributed by atoms with Crippen molar-refractivity contribution in [1.82, 2.24) is 9.55 Å². The van der Waals surface area contributed by atoms with E-state index in [0.717, 1.165) is 48.9 Å². The lowest BCUT2D eigenvalue weighted by Gasteiger charge is -2.09. The molecule has 0 unspecified atom stereocenters. The van der Waals surface area contributed by atoms with Crippen molar-refractivity contribution in [1.29, 1.82) is 5.26 Å². The predicted octanol–water partition coefficient (Wildman–Crippen LogP) is 5.92. The highest BCUT2D eigenvalue weighted by Gasteiger charge is 2.18. The van der Waals surface area contributed by atoms with Crippen LogP contribution in [-0.4, -0.2) is 20.6 Å². The molecule has 0 spiro atoms. The van der Waals surface area contributed by atoms with Gasteiger partial charge in [0.05, 0.1) is 11.6 Å². The van der Waals surface area contributed by atoms with E-state index in [1.54, 1.807) is 29.7 Å².